The minimum atomic E-state index is -0.357. The van der Waals surface area contributed by atoms with E-state index < -0.39 is 0 Å². The molecule has 1 heterocycles. The molecule has 1 fully saturated rings. The van der Waals surface area contributed by atoms with Crippen LogP contribution in [0.5, 0.6) is 11.6 Å². The summed E-state index contributed by atoms with van der Waals surface area (Å²) in [7, 11) is 0. The molecule has 0 aliphatic heterocycles. The number of hydrogen-bond donors (Lipinski definition) is 1. The van der Waals surface area contributed by atoms with Gasteiger partial charge in [0.1, 0.15) is 11.6 Å². The summed E-state index contributed by atoms with van der Waals surface area (Å²) in [5.41, 5.74) is 0.719. The van der Waals surface area contributed by atoms with E-state index in [1.54, 1.807) is 0 Å². The third-order valence-corrected chi connectivity index (χ3v) is 4.26. The fourth-order valence-electron chi connectivity index (χ4n) is 1.89. The predicted molar refractivity (Wildman–Crippen MR) is 86.0 cm³/mol. The van der Waals surface area contributed by atoms with Gasteiger partial charge in [0.15, 0.2) is 0 Å². The lowest BCUT2D eigenvalue weighted by Crippen LogP contribution is -2.16. The summed E-state index contributed by atoms with van der Waals surface area (Å²) < 4.78 is 21.0. The van der Waals surface area contributed by atoms with Crippen LogP contribution in [0.25, 0.3) is 0 Å². The zero-order valence-electron chi connectivity index (χ0n) is 11.1. The molecule has 0 radical (unpaired) electrons. The second-order valence-electron chi connectivity index (χ2n) is 4.95. The number of pyridine rings is 1. The second kappa shape index (κ2) is 6.42. The summed E-state index contributed by atoms with van der Waals surface area (Å²) in [6, 6.07) is 7.61. The van der Waals surface area contributed by atoms with E-state index in [4.69, 9.17) is 4.74 Å². The molecule has 0 unspecified atom stereocenters. The first-order chi connectivity index (χ1) is 10.1. The summed E-state index contributed by atoms with van der Waals surface area (Å²) >= 11 is 6.84. The van der Waals surface area contributed by atoms with Crippen molar-refractivity contribution in [3.05, 3.63) is 50.8 Å². The summed E-state index contributed by atoms with van der Waals surface area (Å²) in [6.45, 7) is 0.554. The molecule has 0 spiro atoms. The fraction of sp³-hybridized carbons (Fsp3) is 0.267. The third kappa shape index (κ3) is 4.02. The number of nitrogens with one attached hydrogen (secondary N) is 1. The van der Waals surface area contributed by atoms with Gasteiger partial charge in [0.05, 0.1) is 10.7 Å². The Labute approximate surface area is 139 Å². The molecule has 6 heteroatoms. The Hall–Kier alpha value is -0.980. The predicted octanol–water partition coefficient (Wildman–Crippen LogP) is 4.79. The van der Waals surface area contributed by atoms with Crippen molar-refractivity contribution in [1.29, 1.82) is 0 Å². The highest BCUT2D eigenvalue weighted by Gasteiger charge is 2.21. The van der Waals surface area contributed by atoms with Crippen molar-refractivity contribution in [2.24, 2.45) is 0 Å². The van der Waals surface area contributed by atoms with Crippen molar-refractivity contribution in [2.75, 3.05) is 0 Å². The van der Waals surface area contributed by atoms with Gasteiger partial charge in [-0.05, 0) is 53.0 Å². The van der Waals surface area contributed by atoms with Gasteiger partial charge in [0.25, 0.3) is 0 Å². The van der Waals surface area contributed by atoms with Crippen LogP contribution in [0.1, 0.15) is 18.4 Å². The Morgan fingerprint density at radius 3 is 2.81 bits per heavy atom. The Morgan fingerprint density at radius 1 is 1.29 bits per heavy atom. The highest BCUT2D eigenvalue weighted by molar-refractivity contribution is 9.11. The van der Waals surface area contributed by atoms with Gasteiger partial charge >= 0.3 is 0 Å². The first-order valence-corrected chi connectivity index (χ1v) is 8.21. The SMILES string of the molecule is Fc1cnc(Oc2ccc(Br)cc2Br)c(CNC2CC2)c1. The Morgan fingerprint density at radius 2 is 2.10 bits per heavy atom. The van der Waals surface area contributed by atoms with Gasteiger partial charge in [-0.2, -0.15) is 0 Å². The smallest absolute Gasteiger partial charge is 0.223 e. The number of hydrogen-bond acceptors (Lipinski definition) is 3. The summed E-state index contributed by atoms with van der Waals surface area (Å²) in [5, 5.41) is 3.34. The van der Waals surface area contributed by atoms with Crippen LogP contribution in [0, 0.1) is 5.82 Å². The highest BCUT2D eigenvalue weighted by atomic mass is 79.9. The average molecular weight is 416 g/mol. The van der Waals surface area contributed by atoms with Crippen LogP contribution < -0.4 is 10.1 Å². The van der Waals surface area contributed by atoms with Gasteiger partial charge in [-0.3, -0.25) is 0 Å². The molecule has 0 atom stereocenters. The van der Waals surface area contributed by atoms with E-state index in [0.717, 1.165) is 14.5 Å². The van der Waals surface area contributed by atoms with E-state index in [-0.39, 0.29) is 5.82 Å². The number of halogens is 3. The topological polar surface area (TPSA) is 34.1 Å². The molecule has 1 aromatic carbocycles. The molecule has 0 saturated heterocycles. The molecule has 1 aliphatic rings. The van der Waals surface area contributed by atoms with Crippen LogP contribution in [0.4, 0.5) is 4.39 Å². The van der Waals surface area contributed by atoms with E-state index in [0.29, 0.717) is 24.2 Å². The summed E-state index contributed by atoms with van der Waals surface area (Å²) in [6.07, 6.45) is 3.52. The minimum absolute atomic E-state index is 0.357. The van der Waals surface area contributed by atoms with Crippen LogP contribution in [0.2, 0.25) is 0 Å². The molecule has 21 heavy (non-hydrogen) atoms. The lowest BCUT2D eigenvalue weighted by molar-refractivity contribution is 0.445. The van der Waals surface area contributed by atoms with E-state index in [2.05, 4.69) is 42.2 Å². The second-order valence-corrected chi connectivity index (χ2v) is 6.72. The fourth-order valence-corrected chi connectivity index (χ4v) is 3.02. The maximum Gasteiger partial charge on any atom is 0.223 e. The normalized spacial score (nSPS) is 14.2. The molecule has 1 N–H and O–H groups in total. The van der Waals surface area contributed by atoms with Gasteiger partial charge in [0, 0.05) is 22.6 Å². The van der Waals surface area contributed by atoms with Crippen molar-refractivity contribution in [2.45, 2.75) is 25.4 Å². The minimum Gasteiger partial charge on any atom is -0.438 e. The van der Waals surface area contributed by atoms with Gasteiger partial charge in [-0.25, -0.2) is 9.37 Å². The van der Waals surface area contributed by atoms with Crippen LogP contribution in [-0.2, 0) is 6.54 Å². The molecule has 3 nitrogen and oxygen atoms in total. The number of nitrogens with zero attached hydrogens (tertiary/aromatic N) is 1. The number of benzene rings is 1. The van der Waals surface area contributed by atoms with Crippen molar-refractivity contribution in [3.63, 3.8) is 0 Å². The lowest BCUT2D eigenvalue weighted by Gasteiger charge is -2.12. The lowest BCUT2D eigenvalue weighted by atomic mass is 10.2. The van der Waals surface area contributed by atoms with Crippen molar-refractivity contribution in [3.8, 4) is 11.6 Å². The Balaban J connectivity index is 1.82. The standard InChI is InChI=1S/C15H13Br2FN2O/c16-10-1-4-14(13(17)6-10)21-15-9(5-11(18)8-20-15)7-19-12-2-3-12/h1,4-6,8,12,19H,2-3,7H2. The van der Waals surface area contributed by atoms with Crippen LogP contribution in [0.3, 0.4) is 0 Å². The summed E-state index contributed by atoms with van der Waals surface area (Å²) in [5.74, 6) is 0.711. The quantitative estimate of drug-likeness (QED) is 0.762. The Kier molecular flexibility index (Phi) is 4.57. The monoisotopic (exact) mass is 414 g/mol. The zero-order chi connectivity index (χ0) is 14.8. The number of rotatable bonds is 5. The van der Waals surface area contributed by atoms with Crippen molar-refractivity contribution >= 4 is 31.9 Å². The molecule has 2 aromatic rings. The molecular formula is C15H13Br2FN2O. The molecule has 1 aromatic heterocycles. The van der Waals surface area contributed by atoms with E-state index in [1.807, 2.05) is 18.2 Å². The van der Waals surface area contributed by atoms with Gasteiger partial charge < -0.3 is 10.1 Å². The largest absolute Gasteiger partial charge is 0.438 e. The van der Waals surface area contributed by atoms with Crippen LogP contribution >= 0.6 is 31.9 Å². The first kappa shape index (κ1) is 14.9. The highest BCUT2D eigenvalue weighted by Crippen LogP contribution is 2.33. The van der Waals surface area contributed by atoms with E-state index in [1.165, 1.54) is 25.1 Å². The maximum absolute atomic E-state index is 13.4. The average Bonchev–Trinajstić information content (AvgIpc) is 3.26. The van der Waals surface area contributed by atoms with Gasteiger partial charge in [-0.15, -0.1) is 0 Å². The van der Waals surface area contributed by atoms with Gasteiger partial charge in [-0.1, -0.05) is 15.9 Å². The molecule has 1 saturated carbocycles. The summed E-state index contributed by atoms with van der Waals surface area (Å²) in [4.78, 5) is 4.07. The number of ether oxygens (including phenoxy) is 1. The molecule has 0 amide bonds. The third-order valence-electron chi connectivity index (χ3n) is 3.15. The number of aromatic nitrogens is 1. The molecule has 0 bridgehead atoms. The van der Waals surface area contributed by atoms with Crippen LogP contribution in [0.15, 0.2) is 39.4 Å². The molecule has 1 aliphatic carbocycles. The van der Waals surface area contributed by atoms with E-state index >= 15 is 0 Å². The first-order valence-electron chi connectivity index (χ1n) is 6.62. The maximum atomic E-state index is 13.4. The van der Waals surface area contributed by atoms with Gasteiger partial charge in [0.2, 0.25) is 5.88 Å². The van der Waals surface area contributed by atoms with E-state index in [9.17, 15) is 4.39 Å². The van der Waals surface area contributed by atoms with Crippen LogP contribution in [-0.4, -0.2) is 11.0 Å². The van der Waals surface area contributed by atoms with Crippen molar-refractivity contribution in [1.82, 2.24) is 10.3 Å². The zero-order valence-corrected chi connectivity index (χ0v) is 14.2. The van der Waals surface area contributed by atoms with Crippen molar-refractivity contribution < 1.29 is 9.13 Å². The molecule has 110 valence electrons. The molecule has 3 rings (SSSR count). The Bertz CT molecular complexity index is 662. The molecular weight excluding hydrogens is 403 g/mol.